The largest absolute Gasteiger partial charge is 0.340 e. The lowest BCUT2D eigenvalue weighted by Crippen LogP contribution is -2.43. The van der Waals surface area contributed by atoms with Crippen molar-refractivity contribution in [3.8, 4) is 0 Å². The summed E-state index contributed by atoms with van der Waals surface area (Å²) in [5, 5.41) is 0.511. The highest BCUT2D eigenvalue weighted by Crippen LogP contribution is 2.14. The Labute approximate surface area is 165 Å². The highest BCUT2D eigenvalue weighted by atomic mass is 32.1. The van der Waals surface area contributed by atoms with Gasteiger partial charge in [0.15, 0.2) is 5.11 Å². The number of hydrogen-bond donors (Lipinski definition) is 0. The number of carbonyl (C=O) groups excluding carboxylic acids is 1. The lowest BCUT2D eigenvalue weighted by molar-refractivity contribution is 0.0858. The van der Waals surface area contributed by atoms with E-state index in [1.165, 1.54) is 0 Å². The molecule has 0 aliphatic carbocycles. The van der Waals surface area contributed by atoms with E-state index in [0.29, 0.717) is 23.8 Å². The summed E-state index contributed by atoms with van der Waals surface area (Å²) in [7, 11) is 1.74. The van der Waals surface area contributed by atoms with Crippen LogP contribution in [-0.2, 0) is 13.1 Å². The summed E-state index contributed by atoms with van der Waals surface area (Å²) in [5.41, 5.74) is 2.93. The van der Waals surface area contributed by atoms with Crippen LogP contribution in [0.3, 0.4) is 0 Å². The predicted molar refractivity (Wildman–Crippen MR) is 113 cm³/mol. The summed E-state index contributed by atoms with van der Waals surface area (Å²) in [6.45, 7) is 1.28. The van der Waals surface area contributed by atoms with Gasteiger partial charge < -0.3 is 4.90 Å². The lowest BCUT2D eigenvalue weighted by atomic mass is 10.1. The summed E-state index contributed by atoms with van der Waals surface area (Å²) >= 11 is 5.70. The SMILES string of the molecule is CN(C(=O)c1ccccc1)C(=S)N(Cc1ccccc1)Cc1ccccc1. The maximum Gasteiger partial charge on any atom is 0.259 e. The van der Waals surface area contributed by atoms with E-state index in [2.05, 4.69) is 29.2 Å². The van der Waals surface area contributed by atoms with Crippen LogP contribution in [0.4, 0.5) is 0 Å². The minimum Gasteiger partial charge on any atom is -0.340 e. The van der Waals surface area contributed by atoms with Gasteiger partial charge in [0.1, 0.15) is 0 Å². The Kier molecular flexibility index (Phi) is 6.34. The van der Waals surface area contributed by atoms with E-state index < -0.39 is 0 Å². The van der Waals surface area contributed by atoms with Crippen molar-refractivity contribution < 1.29 is 4.79 Å². The topological polar surface area (TPSA) is 23.6 Å². The van der Waals surface area contributed by atoms with Crippen molar-refractivity contribution in [2.75, 3.05) is 7.05 Å². The molecule has 0 heterocycles. The third-order valence-corrected chi connectivity index (χ3v) is 4.85. The van der Waals surface area contributed by atoms with Crippen LogP contribution in [0.15, 0.2) is 91.0 Å². The molecule has 136 valence electrons. The van der Waals surface area contributed by atoms with Crippen molar-refractivity contribution in [2.24, 2.45) is 0 Å². The number of thiocarbonyl (C=S) groups is 1. The highest BCUT2D eigenvalue weighted by Gasteiger charge is 2.21. The first-order chi connectivity index (χ1) is 13.1. The summed E-state index contributed by atoms with van der Waals surface area (Å²) < 4.78 is 0. The lowest BCUT2D eigenvalue weighted by Gasteiger charge is -2.30. The van der Waals surface area contributed by atoms with E-state index in [4.69, 9.17) is 12.2 Å². The Balaban J connectivity index is 1.82. The first-order valence-corrected chi connectivity index (χ1v) is 9.26. The number of rotatable bonds is 5. The molecule has 3 aromatic rings. The molecular formula is C23H22N2OS. The van der Waals surface area contributed by atoms with Crippen LogP contribution in [0, 0.1) is 0 Å². The molecule has 0 radical (unpaired) electrons. The van der Waals surface area contributed by atoms with Crippen LogP contribution >= 0.6 is 12.2 Å². The van der Waals surface area contributed by atoms with Crippen molar-refractivity contribution in [3.05, 3.63) is 108 Å². The zero-order valence-corrected chi connectivity index (χ0v) is 16.1. The predicted octanol–water partition coefficient (Wildman–Crippen LogP) is 4.75. The Bertz CT molecular complexity index is 841. The zero-order valence-electron chi connectivity index (χ0n) is 15.3. The van der Waals surface area contributed by atoms with E-state index in [9.17, 15) is 4.79 Å². The van der Waals surface area contributed by atoms with Crippen LogP contribution in [0.1, 0.15) is 21.5 Å². The number of nitrogens with zero attached hydrogens (tertiary/aromatic N) is 2. The molecule has 0 bridgehead atoms. The molecule has 0 spiro atoms. The molecule has 0 aliphatic heterocycles. The Morgan fingerprint density at radius 2 is 1.15 bits per heavy atom. The Morgan fingerprint density at radius 1 is 0.741 bits per heavy atom. The molecule has 0 fully saturated rings. The molecule has 27 heavy (non-hydrogen) atoms. The Hall–Kier alpha value is -2.98. The van der Waals surface area contributed by atoms with Gasteiger partial charge in [-0.05, 0) is 35.5 Å². The van der Waals surface area contributed by atoms with Crippen LogP contribution in [0.2, 0.25) is 0 Å². The second-order valence-corrected chi connectivity index (χ2v) is 6.71. The van der Waals surface area contributed by atoms with Crippen molar-refractivity contribution in [1.29, 1.82) is 0 Å². The molecule has 0 saturated carbocycles. The van der Waals surface area contributed by atoms with E-state index in [-0.39, 0.29) is 5.91 Å². The maximum atomic E-state index is 12.8. The first kappa shape index (κ1) is 18.8. The molecule has 0 N–H and O–H groups in total. The van der Waals surface area contributed by atoms with Gasteiger partial charge in [0, 0.05) is 25.7 Å². The molecule has 0 aromatic heterocycles. The minimum atomic E-state index is -0.105. The van der Waals surface area contributed by atoms with Crippen LogP contribution in [-0.4, -0.2) is 27.9 Å². The summed E-state index contributed by atoms with van der Waals surface area (Å²) in [4.78, 5) is 16.4. The third kappa shape index (κ3) is 5.02. The number of carbonyl (C=O) groups is 1. The maximum absolute atomic E-state index is 12.8. The van der Waals surface area contributed by atoms with E-state index in [0.717, 1.165) is 11.1 Å². The molecule has 0 unspecified atom stereocenters. The van der Waals surface area contributed by atoms with E-state index in [1.54, 1.807) is 24.1 Å². The molecule has 3 aromatic carbocycles. The quantitative estimate of drug-likeness (QED) is 0.602. The van der Waals surface area contributed by atoms with Crippen molar-refractivity contribution in [3.63, 3.8) is 0 Å². The van der Waals surface area contributed by atoms with E-state index >= 15 is 0 Å². The number of hydrogen-bond acceptors (Lipinski definition) is 2. The standard InChI is InChI=1S/C23H22N2OS/c1-24(22(26)21-15-9-4-10-16-21)23(27)25(17-19-11-5-2-6-12-19)18-20-13-7-3-8-14-20/h2-16H,17-18H2,1H3. The summed E-state index contributed by atoms with van der Waals surface area (Å²) in [6, 6.07) is 29.5. The Morgan fingerprint density at radius 3 is 1.59 bits per heavy atom. The fourth-order valence-electron chi connectivity index (χ4n) is 2.87. The second-order valence-electron chi connectivity index (χ2n) is 6.34. The molecule has 1 amide bonds. The third-order valence-electron chi connectivity index (χ3n) is 4.32. The second kappa shape index (κ2) is 9.10. The smallest absolute Gasteiger partial charge is 0.259 e. The zero-order chi connectivity index (χ0) is 19.1. The average Bonchev–Trinajstić information content (AvgIpc) is 2.74. The van der Waals surface area contributed by atoms with Gasteiger partial charge in [-0.2, -0.15) is 0 Å². The molecule has 0 atom stereocenters. The first-order valence-electron chi connectivity index (χ1n) is 8.85. The minimum absolute atomic E-state index is 0.105. The van der Waals surface area contributed by atoms with Gasteiger partial charge in [0.2, 0.25) is 0 Å². The number of amides is 1. The fraction of sp³-hybridized carbons (Fsp3) is 0.130. The molecular weight excluding hydrogens is 352 g/mol. The van der Waals surface area contributed by atoms with Gasteiger partial charge in [0.25, 0.3) is 5.91 Å². The summed E-state index contributed by atoms with van der Waals surface area (Å²) in [5.74, 6) is -0.105. The van der Waals surface area contributed by atoms with Gasteiger partial charge in [-0.3, -0.25) is 9.69 Å². The normalized spacial score (nSPS) is 10.3. The highest BCUT2D eigenvalue weighted by molar-refractivity contribution is 7.80. The van der Waals surface area contributed by atoms with E-state index in [1.807, 2.05) is 54.6 Å². The molecule has 4 heteroatoms. The van der Waals surface area contributed by atoms with Gasteiger partial charge >= 0.3 is 0 Å². The van der Waals surface area contributed by atoms with Crippen LogP contribution in [0.25, 0.3) is 0 Å². The van der Waals surface area contributed by atoms with Crippen LogP contribution in [0.5, 0.6) is 0 Å². The molecule has 0 aliphatic rings. The fourth-order valence-corrected chi connectivity index (χ4v) is 3.08. The van der Waals surface area contributed by atoms with Crippen LogP contribution < -0.4 is 0 Å². The van der Waals surface area contributed by atoms with Crippen molar-refractivity contribution >= 4 is 23.2 Å². The average molecular weight is 375 g/mol. The van der Waals surface area contributed by atoms with Gasteiger partial charge in [-0.25, -0.2) is 0 Å². The molecule has 0 saturated heterocycles. The van der Waals surface area contributed by atoms with Crippen molar-refractivity contribution in [1.82, 2.24) is 9.80 Å². The molecule has 3 nitrogen and oxygen atoms in total. The number of benzene rings is 3. The van der Waals surface area contributed by atoms with Gasteiger partial charge in [-0.15, -0.1) is 0 Å². The monoisotopic (exact) mass is 374 g/mol. The van der Waals surface area contributed by atoms with Gasteiger partial charge in [0.05, 0.1) is 0 Å². The molecule has 3 rings (SSSR count). The van der Waals surface area contributed by atoms with Gasteiger partial charge in [-0.1, -0.05) is 78.9 Å². The summed E-state index contributed by atoms with van der Waals surface area (Å²) in [6.07, 6.45) is 0. The van der Waals surface area contributed by atoms with Crippen molar-refractivity contribution in [2.45, 2.75) is 13.1 Å².